The minimum Gasteiger partial charge on any atom is -0.354 e. The van der Waals surface area contributed by atoms with Crippen LogP contribution in [-0.4, -0.2) is 4.98 Å². The van der Waals surface area contributed by atoms with E-state index in [2.05, 4.69) is 77.8 Å². The van der Waals surface area contributed by atoms with E-state index in [0.717, 1.165) is 23.7 Å². The quantitative estimate of drug-likeness (QED) is 0.251. The Morgan fingerprint density at radius 1 is 0.618 bits per heavy atom. The molecule has 2 spiro atoms. The van der Waals surface area contributed by atoms with Crippen molar-refractivity contribution in [1.82, 2.24) is 4.98 Å². The van der Waals surface area contributed by atoms with E-state index in [9.17, 15) is 0 Å². The zero-order chi connectivity index (χ0) is 21.8. The van der Waals surface area contributed by atoms with E-state index < -0.39 is 0 Å². The van der Waals surface area contributed by atoms with E-state index in [4.69, 9.17) is 0 Å². The number of hydrogen-bond donors (Lipinski definition) is 1. The Balaban J connectivity index is 1.30. The molecule has 0 radical (unpaired) electrons. The van der Waals surface area contributed by atoms with E-state index in [1.165, 1.54) is 75.8 Å². The van der Waals surface area contributed by atoms with Crippen molar-refractivity contribution in [1.29, 1.82) is 0 Å². The van der Waals surface area contributed by atoms with Crippen molar-refractivity contribution in [2.24, 2.45) is 29.1 Å². The van der Waals surface area contributed by atoms with Gasteiger partial charge in [0.05, 0.1) is 0 Å². The lowest BCUT2D eigenvalue weighted by Gasteiger charge is -2.64. The lowest BCUT2D eigenvalue weighted by Crippen LogP contribution is -2.62. The second-order valence-corrected chi connectivity index (χ2v) is 12.4. The molecular formula is C33H27N. The minimum absolute atomic E-state index is 0.270. The van der Waals surface area contributed by atoms with E-state index >= 15 is 0 Å². The Bertz CT molecular complexity index is 1710. The van der Waals surface area contributed by atoms with Crippen LogP contribution in [0.1, 0.15) is 43.2 Å². The SMILES string of the molecule is c1ccc2c(c1)-c1cc3c(cc1C21C2CC4CC5CC1C2(C4)C5)[nH]c1cc2ccccc2cc13. The first kappa shape index (κ1) is 17.4. The second kappa shape index (κ2) is 5.28. The summed E-state index contributed by atoms with van der Waals surface area (Å²) in [6.07, 6.45) is 7.51. The standard InChI is InChI=1S/C33H27N/c1-2-6-21-13-28-24(12-20(21)5-1)25-14-23-22-7-3-4-8-26(22)33(27(23)15-29(25)34-28)30-10-18-9-19-11-31(33)32(30,16-18)17-19/h1-8,12-15,18-19,30-31,34H,9-11,16-17H2. The smallest absolute Gasteiger partial charge is 0.0471 e. The zero-order valence-electron chi connectivity index (χ0n) is 19.3. The van der Waals surface area contributed by atoms with E-state index in [-0.39, 0.29) is 5.41 Å². The molecule has 3 bridgehead atoms. The van der Waals surface area contributed by atoms with Gasteiger partial charge in [-0.25, -0.2) is 0 Å². The lowest BCUT2D eigenvalue weighted by atomic mass is 9.38. The van der Waals surface area contributed by atoms with E-state index in [1.54, 1.807) is 11.1 Å². The van der Waals surface area contributed by atoms with E-state index in [1.807, 2.05) is 0 Å². The summed E-state index contributed by atoms with van der Waals surface area (Å²) >= 11 is 0. The molecule has 4 unspecified atom stereocenters. The highest BCUT2D eigenvalue weighted by molar-refractivity contribution is 6.13. The molecule has 0 aliphatic heterocycles. The predicted molar refractivity (Wildman–Crippen MR) is 139 cm³/mol. The van der Waals surface area contributed by atoms with Crippen LogP contribution in [-0.2, 0) is 5.41 Å². The van der Waals surface area contributed by atoms with Crippen LogP contribution >= 0.6 is 0 Å². The van der Waals surface area contributed by atoms with Gasteiger partial charge in [0.1, 0.15) is 0 Å². The van der Waals surface area contributed by atoms with Crippen LogP contribution in [0.15, 0.2) is 72.8 Å². The molecule has 5 aliphatic carbocycles. The van der Waals surface area contributed by atoms with Crippen molar-refractivity contribution in [2.75, 3.05) is 0 Å². The van der Waals surface area contributed by atoms with Gasteiger partial charge in [-0.3, -0.25) is 0 Å². The summed E-state index contributed by atoms with van der Waals surface area (Å²) in [6.45, 7) is 0. The van der Waals surface area contributed by atoms with Gasteiger partial charge in [0, 0.05) is 27.2 Å². The summed E-state index contributed by atoms with van der Waals surface area (Å²) in [5, 5.41) is 5.39. The van der Waals surface area contributed by atoms with Crippen LogP contribution in [0.3, 0.4) is 0 Å². The molecule has 164 valence electrons. The van der Waals surface area contributed by atoms with Crippen LogP contribution in [0.2, 0.25) is 0 Å². The van der Waals surface area contributed by atoms with Crippen LogP contribution in [0, 0.1) is 29.1 Å². The number of aromatic nitrogens is 1. The monoisotopic (exact) mass is 437 g/mol. The molecule has 4 aromatic carbocycles. The number of benzene rings is 4. The number of hydrogen-bond acceptors (Lipinski definition) is 0. The van der Waals surface area contributed by atoms with Crippen LogP contribution in [0.25, 0.3) is 43.7 Å². The van der Waals surface area contributed by atoms with Crippen molar-refractivity contribution < 1.29 is 0 Å². The Hall–Kier alpha value is -3.06. The van der Waals surface area contributed by atoms with Crippen molar-refractivity contribution in [3.8, 4) is 11.1 Å². The molecule has 34 heavy (non-hydrogen) atoms. The van der Waals surface area contributed by atoms with Gasteiger partial charge < -0.3 is 4.98 Å². The normalized spacial score (nSPS) is 35.9. The van der Waals surface area contributed by atoms with Gasteiger partial charge in [-0.15, -0.1) is 0 Å². The molecule has 4 saturated carbocycles. The lowest BCUT2D eigenvalue weighted by molar-refractivity contribution is -0.0819. The van der Waals surface area contributed by atoms with Gasteiger partial charge in [-0.2, -0.15) is 0 Å². The molecule has 1 nitrogen and oxygen atoms in total. The molecule has 1 heterocycles. The molecule has 4 atom stereocenters. The predicted octanol–water partition coefficient (Wildman–Crippen LogP) is 8.20. The van der Waals surface area contributed by atoms with Crippen molar-refractivity contribution in [3.05, 3.63) is 83.9 Å². The first-order valence-electron chi connectivity index (χ1n) is 13.3. The maximum Gasteiger partial charge on any atom is 0.0471 e. The van der Waals surface area contributed by atoms with Gasteiger partial charge in [0.25, 0.3) is 0 Å². The van der Waals surface area contributed by atoms with E-state index in [0.29, 0.717) is 5.41 Å². The molecule has 1 N–H and O–H groups in total. The first-order valence-corrected chi connectivity index (χ1v) is 13.3. The highest BCUT2D eigenvalue weighted by Crippen LogP contribution is 2.85. The fraction of sp³-hybridized carbons (Fsp3) is 0.333. The third-order valence-corrected chi connectivity index (χ3v) is 11.3. The largest absolute Gasteiger partial charge is 0.354 e. The number of H-pyrrole nitrogens is 1. The Labute approximate surface area is 199 Å². The first-order chi connectivity index (χ1) is 16.8. The topological polar surface area (TPSA) is 15.8 Å². The van der Waals surface area contributed by atoms with Crippen molar-refractivity contribution >= 4 is 32.6 Å². The van der Waals surface area contributed by atoms with Gasteiger partial charge >= 0.3 is 0 Å². The molecule has 10 rings (SSSR count). The van der Waals surface area contributed by atoms with Crippen molar-refractivity contribution in [2.45, 2.75) is 37.5 Å². The number of aromatic amines is 1. The summed E-state index contributed by atoms with van der Waals surface area (Å²) in [5.74, 6) is 3.70. The molecule has 5 aromatic rings. The summed E-state index contributed by atoms with van der Waals surface area (Å²) in [5.41, 5.74) is 9.91. The summed E-state index contributed by atoms with van der Waals surface area (Å²) in [6, 6.07) is 28.1. The maximum atomic E-state index is 3.85. The van der Waals surface area contributed by atoms with Crippen molar-refractivity contribution in [3.63, 3.8) is 0 Å². The van der Waals surface area contributed by atoms with Crippen LogP contribution in [0.5, 0.6) is 0 Å². The minimum atomic E-state index is 0.270. The molecule has 0 amide bonds. The van der Waals surface area contributed by atoms with Gasteiger partial charge in [0.15, 0.2) is 0 Å². The third-order valence-electron chi connectivity index (χ3n) is 11.3. The average Bonchev–Trinajstić information content (AvgIpc) is 3.50. The number of rotatable bonds is 0. The fourth-order valence-corrected chi connectivity index (χ4v) is 10.7. The third kappa shape index (κ3) is 1.65. The molecule has 0 saturated heterocycles. The zero-order valence-corrected chi connectivity index (χ0v) is 19.3. The Morgan fingerprint density at radius 3 is 2.12 bits per heavy atom. The molecule has 5 aliphatic rings. The molecule has 1 heteroatoms. The fourth-order valence-electron chi connectivity index (χ4n) is 10.7. The van der Waals surface area contributed by atoms with Crippen LogP contribution < -0.4 is 0 Å². The van der Waals surface area contributed by atoms with Gasteiger partial charge in [-0.05, 0) is 118 Å². The summed E-state index contributed by atoms with van der Waals surface area (Å²) in [4.78, 5) is 3.85. The highest BCUT2D eigenvalue weighted by Gasteiger charge is 2.79. The summed E-state index contributed by atoms with van der Waals surface area (Å²) < 4.78 is 0. The molecule has 4 fully saturated rings. The highest BCUT2D eigenvalue weighted by atomic mass is 14.8. The number of nitrogens with one attached hydrogen (secondary N) is 1. The number of fused-ring (bicyclic) bond motifs is 13. The van der Waals surface area contributed by atoms with Crippen LogP contribution in [0.4, 0.5) is 0 Å². The molecule has 1 aromatic heterocycles. The second-order valence-electron chi connectivity index (χ2n) is 12.4. The van der Waals surface area contributed by atoms with Gasteiger partial charge in [0.2, 0.25) is 0 Å². The molecular weight excluding hydrogens is 410 g/mol. The Kier molecular flexibility index (Phi) is 2.70. The maximum absolute atomic E-state index is 3.85. The summed E-state index contributed by atoms with van der Waals surface area (Å²) in [7, 11) is 0. The van der Waals surface area contributed by atoms with Gasteiger partial charge in [-0.1, -0.05) is 48.5 Å². The Morgan fingerprint density at radius 2 is 1.29 bits per heavy atom. The average molecular weight is 438 g/mol.